The van der Waals surface area contributed by atoms with Crippen molar-refractivity contribution in [2.24, 2.45) is 5.92 Å². The number of hydrogen-bond acceptors (Lipinski definition) is 3. The summed E-state index contributed by atoms with van der Waals surface area (Å²) >= 11 is 4.00. The molecule has 0 aromatic carbocycles. The zero-order valence-corrected chi connectivity index (χ0v) is 7.38. The van der Waals surface area contributed by atoms with Gasteiger partial charge in [0.25, 0.3) is 0 Å². The molecule has 1 aliphatic rings. The number of amides is 1. The van der Waals surface area contributed by atoms with Crippen molar-refractivity contribution in [2.75, 3.05) is 5.75 Å². The third-order valence-electron chi connectivity index (χ3n) is 2.00. The summed E-state index contributed by atoms with van der Waals surface area (Å²) in [6, 6.07) is -0.704. The second-order valence-corrected chi connectivity index (χ2v) is 3.31. The lowest BCUT2D eigenvalue weighted by molar-refractivity contribution is -0.140. The third-order valence-corrected chi connectivity index (χ3v) is 2.26. The Morgan fingerprint density at radius 1 is 1.75 bits per heavy atom. The number of aliphatic carboxylic acids is 1. The monoisotopic (exact) mass is 189 g/mol. The van der Waals surface area contributed by atoms with E-state index in [1.165, 1.54) is 0 Å². The van der Waals surface area contributed by atoms with Crippen LogP contribution in [0.5, 0.6) is 0 Å². The number of rotatable bonds is 3. The number of hydrogen-bond donors (Lipinski definition) is 3. The van der Waals surface area contributed by atoms with Gasteiger partial charge in [0.2, 0.25) is 5.91 Å². The Balaban J connectivity index is 2.59. The van der Waals surface area contributed by atoms with Gasteiger partial charge in [0.15, 0.2) is 0 Å². The summed E-state index contributed by atoms with van der Waals surface area (Å²) in [6.07, 6.45) is 0.982. The second kappa shape index (κ2) is 3.80. The van der Waals surface area contributed by atoms with Crippen LogP contribution in [-0.4, -0.2) is 28.8 Å². The number of carbonyl (C=O) groups excluding carboxylic acids is 1. The summed E-state index contributed by atoms with van der Waals surface area (Å²) in [5.41, 5.74) is 0. The lowest BCUT2D eigenvalue weighted by Gasteiger charge is -2.12. The Morgan fingerprint density at radius 3 is 2.92 bits per heavy atom. The number of carboxylic acids is 1. The van der Waals surface area contributed by atoms with Crippen LogP contribution in [0.3, 0.4) is 0 Å². The molecule has 0 spiro atoms. The van der Waals surface area contributed by atoms with Crippen LogP contribution < -0.4 is 5.32 Å². The van der Waals surface area contributed by atoms with Gasteiger partial charge in [-0.3, -0.25) is 4.79 Å². The van der Waals surface area contributed by atoms with E-state index in [0.717, 1.165) is 0 Å². The first-order valence-corrected chi connectivity index (χ1v) is 4.41. The van der Waals surface area contributed by atoms with Crippen molar-refractivity contribution in [3.63, 3.8) is 0 Å². The molecular weight excluding hydrogens is 178 g/mol. The van der Waals surface area contributed by atoms with Gasteiger partial charge in [-0.2, -0.15) is 12.6 Å². The van der Waals surface area contributed by atoms with Crippen LogP contribution in [0.1, 0.15) is 12.8 Å². The van der Waals surface area contributed by atoms with E-state index in [1.54, 1.807) is 0 Å². The van der Waals surface area contributed by atoms with E-state index >= 15 is 0 Å². The molecule has 4 nitrogen and oxygen atoms in total. The first kappa shape index (κ1) is 9.38. The predicted octanol–water partition coefficient (Wildman–Crippen LogP) is -0.104. The fourth-order valence-electron chi connectivity index (χ4n) is 1.40. The molecule has 5 heteroatoms. The maximum absolute atomic E-state index is 10.8. The summed E-state index contributed by atoms with van der Waals surface area (Å²) in [7, 11) is 0. The molecule has 1 amide bonds. The van der Waals surface area contributed by atoms with Crippen LogP contribution in [0.2, 0.25) is 0 Å². The summed E-state index contributed by atoms with van der Waals surface area (Å²) in [5.74, 6) is -0.599. The highest BCUT2D eigenvalue weighted by atomic mass is 32.1. The minimum atomic E-state index is -0.951. The highest BCUT2D eigenvalue weighted by molar-refractivity contribution is 7.80. The molecule has 12 heavy (non-hydrogen) atoms. The summed E-state index contributed by atoms with van der Waals surface area (Å²) < 4.78 is 0. The van der Waals surface area contributed by atoms with Crippen LogP contribution in [0, 0.1) is 5.92 Å². The molecule has 1 aliphatic heterocycles. The minimum Gasteiger partial charge on any atom is -0.480 e. The first-order valence-electron chi connectivity index (χ1n) is 3.78. The van der Waals surface area contributed by atoms with Crippen molar-refractivity contribution in [2.45, 2.75) is 18.9 Å². The van der Waals surface area contributed by atoms with Crippen molar-refractivity contribution >= 4 is 24.5 Å². The maximum Gasteiger partial charge on any atom is 0.326 e. The van der Waals surface area contributed by atoms with Gasteiger partial charge in [0.1, 0.15) is 6.04 Å². The molecule has 0 aromatic rings. The van der Waals surface area contributed by atoms with Crippen molar-refractivity contribution in [1.29, 1.82) is 0 Å². The molecule has 2 atom stereocenters. The highest BCUT2D eigenvalue weighted by Gasteiger charge is 2.36. The number of carbonyl (C=O) groups is 2. The minimum absolute atomic E-state index is 0.0903. The van der Waals surface area contributed by atoms with Crippen molar-refractivity contribution < 1.29 is 14.7 Å². The average molecular weight is 189 g/mol. The zero-order chi connectivity index (χ0) is 9.14. The topological polar surface area (TPSA) is 66.4 Å². The van der Waals surface area contributed by atoms with Gasteiger partial charge in [-0.15, -0.1) is 0 Å². The van der Waals surface area contributed by atoms with Crippen molar-refractivity contribution in [1.82, 2.24) is 5.32 Å². The van der Waals surface area contributed by atoms with Crippen LogP contribution in [0.15, 0.2) is 0 Å². The zero-order valence-electron chi connectivity index (χ0n) is 6.49. The SMILES string of the molecule is O=C1CC(CCS)C(C(=O)O)N1. The van der Waals surface area contributed by atoms with Gasteiger partial charge in [-0.05, 0) is 18.1 Å². The van der Waals surface area contributed by atoms with Gasteiger partial charge in [0.05, 0.1) is 0 Å². The van der Waals surface area contributed by atoms with E-state index in [0.29, 0.717) is 18.6 Å². The predicted molar refractivity (Wildman–Crippen MR) is 46.1 cm³/mol. The van der Waals surface area contributed by atoms with Gasteiger partial charge in [-0.1, -0.05) is 0 Å². The van der Waals surface area contributed by atoms with E-state index in [2.05, 4.69) is 17.9 Å². The van der Waals surface area contributed by atoms with E-state index in [1.807, 2.05) is 0 Å². The summed E-state index contributed by atoms with van der Waals surface area (Å²) in [5, 5.41) is 11.1. The highest BCUT2D eigenvalue weighted by Crippen LogP contribution is 2.20. The third kappa shape index (κ3) is 1.91. The molecule has 0 aromatic heterocycles. The van der Waals surface area contributed by atoms with Crippen LogP contribution in [0.25, 0.3) is 0 Å². The Labute approximate surface area is 75.7 Å². The molecule has 1 fully saturated rings. The Hall–Kier alpha value is -0.710. The number of carboxylic acid groups (broad SMARTS) is 1. The average Bonchev–Trinajstić information content (AvgIpc) is 2.32. The molecule has 0 radical (unpaired) electrons. The molecule has 0 saturated carbocycles. The summed E-state index contributed by atoms with van der Waals surface area (Å²) in [6.45, 7) is 0. The van der Waals surface area contributed by atoms with Gasteiger partial charge < -0.3 is 10.4 Å². The van der Waals surface area contributed by atoms with Gasteiger partial charge in [-0.25, -0.2) is 4.79 Å². The van der Waals surface area contributed by atoms with Crippen LogP contribution in [-0.2, 0) is 9.59 Å². The molecule has 68 valence electrons. The molecule has 2 unspecified atom stereocenters. The molecule has 1 rings (SSSR count). The van der Waals surface area contributed by atoms with Crippen LogP contribution in [0.4, 0.5) is 0 Å². The number of nitrogens with one attached hydrogen (secondary N) is 1. The maximum atomic E-state index is 10.8. The molecular formula is C7H11NO3S. The normalized spacial score (nSPS) is 28.6. The second-order valence-electron chi connectivity index (χ2n) is 2.86. The van der Waals surface area contributed by atoms with Gasteiger partial charge >= 0.3 is 5.97 Å². The van der Waals surface area contributed by atoms with Crippen molar-refractivity contribution in [3.05, 3.63) is 0 Å². The fraction of sp³-hybridized carbons (Fsp3) is 0.714. The largest absolute Gasteiger partial charge is 0.480 e. The Morgan fingerprint density at radius 2 is 2.42 bits per heavy atom. The lowest BCUT2D eigenvalue weighted by atomic mass is 9.98. The van der Waals surface area contributed by atoms with E-state index in [9.17, 15) is 9.59 Å². The van der Waals surface area contributed by atoms with Crippen LogP contribution >= 0.6 is 12.6 Å². The quantitative estimate of drug-likeness (QED) is 0.543. The van der Waals surface area contributed by atoms with Crippen molar-refractivity contribution in [3.8, 4) is 0 Å². The number of thiol groups is 1. The standard InChI is InChI=1S/C7H11NO3S/c9-5-3-4(1-2-12)6(8-5)7(10)11/h4,6,12H,1-3H2,(H,8,9)(H,10,11). The smallest absolute Gasteiger partial charge is 0.326 e. The summed E-state index contributed by atoms with van der Waals surface area (Å²) in [4.78, 5) is 21.4. The Kier molecular flexibility index (Phi) is 2.97. The molecule has 1 saturated heterocycles. The van der Waals surface area contributed by atoms with E-state index in [4.69, 9.17) is 5.11 Å². The molecule has 1 heterocycles. The molecule has 0 aliphatic carbocycles. The van der Waals surface area contributed by atoms with E-state index < -0.39 is 12.0 Å². The Bertz CT molecular complexity index is 207. The molecule has 2 N–H and O–H groups in total. The van der Waals surface area contributed by atoms with Gasteiger partial charge in [0, 0.05) is 6.42 Å². The molecule has 0 bridgehead atoms. The first-order chi connectivity index (χ1) is 5.65. The van der Waals surface area contributed by atoms with E-state index in [-0.39, 0.29) is 11.8 Å². The lowest BCUT2D eigenvalue weighted by Crippen LogP contribution is -2.36. The fourth-order valence-corrected chi connectivity index (χ4v) is 1.74.